The highest BCUT2D eigenvalue weighted by Crippen LogP contribution is 2.49. The summed E-state index contributed by atoms with van der Waals surface area (Å²) in [5, 5.41) is 12.3. The van der Waals surface area contributed by atoms with Gasteiger partial charge in [-0.2, -0.15) is 5.26 Å². The Hall–Kier alpha value is -1.85. The number of ether oxygens (including phenoxy) is 1. The van der Waals surface area contributed by atoms with Crippen LogP contribution >= 0.6 is 0 Å². The van der Waals surface area contributed by atoms with Gasteiger partial charge in [-0.3, -0.25) is 0 Å². The first-order valence-corrected chi connectivity index (χ1v) is 7.34. The number of hydrogen-bond donors (Lipinski definition) is 0. The Morgan fingerprint density at radius 3 is 2.75 bits per heavy atom. The molecule has 0 radical (unpaired) electrons. The fourth-order valence-electron chi connectivity index (χ4n) is 3.93. The third-order valence-corrected chi connectivity index (χ3v) is 4.92. The van der Waals surface area contributed by atoms with Crippen molar-refractivity contribution in [3.8, 4) is 6.07 Å². The largest absolute Gasteiger partial charge is 0.373 e. The maximum absolute atomic E-state index is 9.74. The van der Waals surface area contributed by atoms with E-state index >= 15 is 0 Å². The van der Waals surface area contributed by atoms with Crippen molar-refractivity contribution < 1.29 is 4.74 Å². The molecule has 0 aromatic heterocycles. The molecule has 2 heteroatoms. The molecule has 0 amide bonds. The molecule has 0 saturated carbocycles. The second-order valence-corrected chi connectivity index (χ2v) is 6.11. The smallest absolute Gasteiger partial charge is 0.0899 e. The molecular formula is C18H17NO. The van der Waals surface area contributed by atoms with Gasteiger partial charge in [0.05, 0.1) is 23.7 Å². The summed E-state index contributed by atoms with van der Waals surface area (Å²) in [4.78, 5) is 0. The van der Waals surface area contributed by atoms with Crippen LogP contribution in [0.25, 0.3) is 10.8 Å². The van der Waals surface area contributed by atoms with Gasteiger partial charge in [-0.25, -0.2) is 0 Å². The average Bonchev–Trinajstić information content (AvgIpc) is 3.09. The van der Waals surface area contributed by atoms with Crippen molar-refractivity contribution in [3.05, 3.63) is 48.0 Å². The number of rotatable bonds is 2. The van der Waals surface area contributed by atoms with Crippen molar-refractivity contribution in [3.63, 3.8) is 0 Å². The van der Waals surface area contributed by atoms with Crippen LogP contribution in [0.1, 0.15) is 24.8 Å². The molecule has 2 heterocycles. The lowest BCUT2D eigenvalue weighted by Crippen LogP contribution is -2.33. The van der Waals surface area contributed by atoms with Gasteiger partial charge in [0, 0.05) is 0 Å². The molecule has 0 aliphatic carbocycles. The van der Waals surface area contributed by atoms with E-state index in [2.05, 4.69) is 48.5 Å². The van der Waals surface area contributed by atoms with Crippen molar-refractivity contribution in [1.29, 1.82) is 5.26 Å². The Morgan fingerprint density at radius 1 is 1.15 bits per heavy atom. The second kappa shape index (κ2) is 4.33. The van der Waals surface area contributed by atoms with Gasteiger partial charge in [0.1, 0.15) is 0 Å². The normalized spacial score (nSPS) is 31.6. The predicted octanol–water partition coefficient (Wildman–Crippen LogP) is 3.84. The summed E-state index contributed by atoms with van der Waals surface area (Å²) < 4.78 is 5.94. The first-order chi connectivity index (χ1) is 9.81. The third-order valence-electron chi connectivity index (χ3n) is 4.92. The first-order valence-electron chi connectivity index (χ1n) is 7.34. The van der Waals surface area contributed by atoms with Crippen LogP contribution in [0.2, 0.25) is 0 Å². The standard InChI is InChI=1S/C18H17NO/c19-12-18(11-15-8-9-17(18)20-15)10-14-6-3-5-13-4-1-2-7-16(13)14/h1-7,15,17H,8-11H2. The maximum Gasteiger partial charge on any atom is 0.0899 e. The molecule has 3 atom stereocenters. The average molecular weight is 263 g/mol. The van der Waals surface area contributed by atoms with Crippen molar-refractivity contribution in [2.45, 2.75) is 37.9 Å². The van der Waals surface area contributed by atoms with Gasteiger partial charge in [0.25, 0.3) is 0 Å². The molecule has 100 valence electrons. The van der Waals surface area contributed by atoms with Crippen molar-refractivity contribution in [2.75, 3.05) is 0 Å². The molecule has 0 N–H and O–H groups in total. The zero-order valence-corrected chi connectivity index (χ0v) is 11.4. The first kappa shape index (κ1) is 11.9. The van der Waals surface area contributed by atoms with E-state index in [0.29, 0.717) is 6.10 Å². The quantitative estimate of drug-likeness (QED) is 0.824. The summed E-state index contributed by atoms with van der Waals surface area (Å²) in [5.74, 6) is 0. The minimum atomic E-state index is -0.312. The molecule has 2 aromatic carbocycles. The van der Waals surface area contributed by atoms with E-state index < -0.39 is 0 Å². The van der Waals surface area contributed by atoms with Crippen LogP contribution in [0.4, 0.5) is 0 Å². The SMILES string of the molecule is N#CC1(Cc2cccc3ccccc23)CC2CCC1O2. The van der Waals surface area contributed by atoms with Crippen LogP contribution in [-0.4, -0.2) is 12.2 Å². The van der Waals surface area contributed by atoms with Gasteiger partial charge in [0.2, 0.25) is 0 Å². The lowest BCUT2D eigenvalue weighted by atomic mass is 9.71. The monoisotopic (exact) mass is 263 g/mol. The molecular weight excluding hydrogens is 246 g/mol. The van der Waals surface area contributed by atoms with Gasteiger partial charge in [-0.1, -0.05) is 42.5 Å². The summed E-state index contributed by atoms with van der Waals surface area (Å²) in [6, 6.07) is 17.4. The van der Waals surface area contributed by atoms with E-state index in [4.69, 9.17) is 4.74 Å². The molecule has 2 nitrogen and oxygen atoms in total. The number of hydrogen-bond acceptors (Lipinski definition) is 2. The van der Waals surface area contributed by atoms with Crippen molar-refractivity contribution in [1.82, 2.24) is 0 Å². The molecule has 2 fully saturated rings. The molecule has 0 spiro atoms. The van der Waals surface area contributed by atoms with Gasteiger partial charge < -0.3 is 4.74 Å². The van der Waals surface area contributed by atoms with Crippen LogP contribution in [0.15, 0.2) is 42.5 Å². The molecule has 2 aliphatic rings. The Kier molecular flexibility index (Phi) is 2.58. The Bertz CT molecular complexity index is 697. The van der Waals surface area contributed by atoms with Crippen LogP contribution in [-0.2, 0) is 11.2 Å². The Labute approximate surface area is 119 Å². The minimum Gasteiger partial charge on any atom is -0.373 e. The summed E-state index contributed by atoms with van der Waals surface area (Å²) >= 11 is 0. The van der Waals surface area contributed by atoms with Gasteiger partial charge in [-0.15, -0.1) is 0 Å². The Balaban J connectivity index is 1.76. The lowest BCUT2D eigenvalue weighted by Gasteiger charge is -2.28. The van der Waals surface area contributed by atoms with Gasteiger partial charge in [-0.05, 0) is 42.0 Å². The Morgan fingerprint density at radius 2 is 2.00 bits per heavy atom. The third kappa shape index (κ3) is 1.67. The molecule has 2 saturated heterocycles. The number of nitrogens with zero attached hydrogens (tertiary/aromatic N) is 1. The van der Waals surface area contributed by atoms with E-state index in [9.17, 15) is 5.26 Å². The molecule has 3 unspecified atom stereocenters. The van der Waals surface area contributed by atoms with E-state index in [1.807, 2.05) is 0 Å². The van der Waals surface area contributed by atoms with Crippen LogP contribution < -0.4 is 0 Å². The highest BCUT2D eigenvalue weighted by molar-refractivity contribution is 5.85. The molecule has 20 heavy (non-hydrogen) atoms. The molecule has 2 bridgehead atoms. The zero-order chi connectivity index (χ0) is 13.6. The fraction of sp³-hybridized carbons (Fsp3) is 0.389. The fourth-order valence-corrected chi connectivity index (χ4v) is 3.93. The second-order valence-electron chi connectivity index (χ2n) is 6.11. The van der Waals surface area contributed by atoms with E-state index in [-0.39, 0.29) is 11.5 Å². The minimum absolute atomic E-state index is 0.136. The van der Waals surface area contributed by atoms with E-state index in [1.54, 1.807) is 0 Å². The highest BCUT2D eigenvalue weighted by Gasteiger charge is 2.52. The summed E-state index contributed by atoms with van der Waals surface area (Å²) in [5.41, 5.74) is 0.966. The molecule has 2 aromatic rings. The zero-order valence-electron chi connectivity index (χ0n) is 11.4. The van der Waals surface area contributed by atoms with Crippen LogP contribution in [0.3, 0.4) is 0 Å². The number of nitriles is 1. The number of benzene rings is 2. The van der Waals surface area contributed by atoms with Crippen molar-refractivity contribution in [2.24, 2.45) is 5.41 Å². The van der Waals surface area contributed by atoms with Crippen LogP contribution in [0, 0.1) is 16.7 Å². The molecule has 4 rings (SSSR count). The summed E-state index contributed by atoms with van der Waals surface area (Å²) in [7, 11) is 0. The highest BCUT2D eigenvalue weighted by atomic mass is 16.5. The maximum atomic E-state index is 9.74. The van der Waals surface area contributed by atoms with Gasteiger partial charge in [0.15, 0.2) is 0 Å². The lowest BCUT2D eigenvalue weighted by molar-refractivity contribution is 0.0788. The van der Waals surface area contributed by atoms with Gasteiger partial charge >= 0.3 is 0 Å². The van der Waals surface area contributed by atoms with Crippen molar-refractivity contribution >= 4 is 10.8 Å². The number of fused-ring (bicyclic) bond motifs is 3. The van der Waals surface area contributed by atoms with E-state index in [0.717, 1.165) is 25.7 Å². The van der Waals surface area contributed by atoms with E-state index in [1.165, 1.54) is 16.3 Å². The predicted molar refractivity (Wildman–Crippen MR) is 78.2 cm³/mol. The molecule has 2 aliphatic heterocycles. The summed E-state index contributed by atoms with van der Waals surface area (Å²) in [6.45, 7) is 0. The van der Waals surface area contributed by atoms with Crippen LogP contribution in [0.5, 0.6) is 0 Å². The topological polar surface area (TPSA) is 33.0 Å². The summed E-state index contributed by atoms with van der Waals surface area (Å²) in [6.07, 6.45) is 4.34.